The summed E-state index contributed by atoms with van der Waals surface area (Å²) >= 11 is 0. The van der Waals surface area contributed by atoms with E-state index in [2.05, 4.69) is 46.9 Å². The van der Waals surface area contributed by atoms with Crippen LogP contribution in [-0.2, 0) is 0 Å². The van der Waals surface area contributed by atoms with Crippen molar-refractivity contribution >= 4 is 0 Å². The maximum absolute atomic E-state index is 4.37. The molecule has 1 aliphatic heterocycles. The van der Waals surface area contributed by atoms with Gasteiger partial charge in [-0.2, -0.15) is 0 Å². The van der Waals surface area contributed by atoms with E-state index in [1.807, 2.05) is 12.5 Å². The fraction of sp³-hybridized carbons (Fsp3) is 0.438. The number of aromatic nitrogens is 2. The summed E-state index contributed by atoms with van der Waals surface area (Å²) in [6.07, 6.45) is 6.39. The molecule has 0 aliphatic carbocycles. The molecule has 3 heteroatoms. The van der Waals surface area contributed by atoms with Gasteiger partial charge in [-0.15, -0.1) is 0 Å². The minimum Gasteiger partial charge on any atom is -0.317 e. The van der Waals surface area contributed by atoms with Gasteiger partial charge in [0.15, 0.2) is 0 Å². The van der Waals surface area contributed by atoms with Gasteiger partial charge in [-0.25, -0.2) is 4.98 Å². The van der Waals surface area contributed by atoms with Crippen LogP contribution < -0.4 is 5.32 Å². The highest BCUT2D eigenvalue weighted by molar-refractivity contribution is 5.41. The Bertz CT molecular complexity index is 565. The molecule has 2 aromatic rings. The fourth-order valence-electron chi connectivity index (χ4n) is 2.82. The highest BCUT2D eigenvalue weighted by Crippen LogP contribution is 2.27. The van der Waals surface area contributed by atoms with Gasteiger partial charge in [0.2, 0.25) is 0 Å². The first-order valence-corrected chi connectivity index (χ1v) is 7.06. The third kappa shape index (κ3) is 2.43. The van der Waals surface area contributed by atoms with Gasteiger partial charge in [0.25, 0.3) is 0 Å². The molecule has 1 saturated heterocycles. The largest absolute Gasteiger partial charge is 0.317 e. The van der Waals surface area contributed by atoms with E-state index in [1.54, 1.807) is 0 Å². The summed E-state index contributed by atoms with van der Waals surface area (Å²) < 4.78 is 2.25. The molecule has 100 valence electrons. The van der Waals surface area contributed by atoms with Gasteiger partial charge in [0.1, 0.15) is 0 Å². The maximum atomic E-state index is 4.37. The smallest absolute Gasteiger partial charge is 0.0994 e. The van der Waals surface area contributed by atoms with Crippen molar-refractivity contribution in [2.45, 2.75) is 32.6 Å². The van der Waals surface area contributed by atoms with E-state index in [4.69, 9.17) is 0 Å². The molecule has 19 heavy (non-hydrogen) atoms. The lowest BCUT2D eigenvalue weighted by Crippen LogP contribution is -2.27. The van der Waals surface area contributed by atoms with Crippen LogP contribution in [-0.4, -0.2) is 22.6 Å². The van der Waals surface area contributed by atoms with Crippen LogP contribution in [0.3, 0.4) is 0 Å². The monoisotopic (exact) mass is 255 g/mol. The first-order valence-electron chi connectivity index (χ1n) is 7.06. The van der Waals surface area contributed by atoms with E-state index < -0.39 is 0 Å². The third-order valence-corrected chi connectivity index (χ3v) is 4.19. The molecule has 2 heterocycles. The van der Waals surface area contributed by atoms with E-state index in [9.17, 15) is 0 Å². The number of benzene rings is 1. The minimum absolute atomic E-state index is 0.630. The van der Waals surface area contributed by atoms with Crippen LogP contribution in [0.1, 0.15) is 35.6 Å². The summed E-state index contributed by atoms with van der Waals surface area (Å²) in [6.45, 7) is 6.55. The summed E-state index contributed by atoms with van der Waals surface area (Å²) in [5.41, 5.74) is 5.26. The van der Waals surface area contributed by atoms with Gasteiger partial charge in [-0.1, -0.05) is 6.07 Å². The Balaban J connectivity index is 1.96. The predicted octanol–water partition coefficient (Wildman–Crippen LogP) is 2.96. The van der Waals surface area contributed by atoms with E-state index in [0.29, 0.717) is 5.92 Å². The SMILES string of the molecule is Cc1ccc(-n2cncc2C2CCNCC2)cc1C. The number of hydrogen-bond donors (Lipinski definition) is 1. The molecule has 0 unspecified atom stereocenters. The van der Waals surface area contributed by atoms with Crippen molar-refractivity contribution in [1.82, 2.24) is 14.9 Å². The zero-order valence-corrected chi connectivity index (χ0v) is 11.7. The van der Waals surface area contributed by atoms with Crippen LogP contribution in [0.2, 0.25) is 0 Å². The molecule has 3 nitrogen and oxygen atoms in total. The lowest BCUT2D eigenvalue weighted by Gasteiger charge is -2.23. The Hall–Kier alpha value is -1.61. The van der Waals surface area contributed by atoms with Gasteiger partial charge < -0.3 is 9.88 Å². The van der Waals surface area contributed by atoms with Gasteiger partial charge >= 0.3 is 0 Å². The van der Waals surface area contributed by atoms with Crippen LogP contribution in [0.4, 0.5) is 0 Å². The van der Waals surface area contributed by atoms with Crippen molar-refractivity contribution in [1.29, 1.82) is 0 Å². The summed E-state index contributed by atoms with van der Waals surface area (Å²) in [4.78, 5) is 4.37. The molecule has 0 spiro atoms. The number of imidazole rings is 1. The molecule has 1 aliphatic rings. The molecule has 1 fully saturated rings. The zero-order valence-electron chi connectivity index (χ0n) is 11.7. The topological polar surface area (TPSA) is 29.9 Å². The third-order valence-electron chi connectivity index (χ3n) is 4.19. The number of nitrogens with one attached hydrogen (secondary N) is 1. The summed E-state index contributed by atoms with van der Waals surface area (Å²) in [6, 6.07) is 6.63. The maximum Gasteiger partial charge on any atom is 0.0994 e. The first kappa shape index (κ1) is 12.4. The molecule has 0 atom stereocenters. The Morgan fingerprint density at radius 1 is 1.16 bits per heavy atom. The van der Waals surface area contributed by atoms with Crippen LogP contribution in [0, 0.1) is 13.8 Å². The Kier molecular flexibility index (Phi) is 3.38. The van der Waals surface area contributed by atoms with Crippen LogP contribution >= 0.6 is 0 Å². The van der Waals surface area contributed by atoms with Crippen molar-refractivity contribution in [3.05, 3.63) is 47.5 Å². The predicted molar refractivity (Wildman–Crippen MR) is 77.9 cm³/mol. The van der Waals surface area contributed by atoms with Gasteiger partial charge in [0.05, 0.1) is 6.33 Å². The lowest BCUT2D eigenvalue weighted by atomic mass is 9.95. The molecule has 1 N–H and O–H groups in total. The lowest BCUT2D eigenvalue weighted by molar-refractivity contribution is 0.449. The fourth-order valence-corrected chi connectivity index (χ4v) is 2.82. The minimum atomic E-state index is 0.630. The molecule has 1 aromatic carbocycles. The summed E-state index contributed by atoms with van der Waals surface area (Å²) in [5, 5.41) is 3.42. The second-order valence-corrected chi connectivity index (χ2v) is 5.48. The van der Waals surface area contributed by atoms with Crippen molar-refractivity contribution in [3.63, 3.8) is 0 Å². The highest BCUT2D eigenvalue weighted by Gasteiger charge is 2.19. The second kappa shape index (κ2) is 5.17. The first-order chi connectivity index (χ1) is 9.25. The Morgan fingerprint density at radius 2 is 1.95 bits per heavy atom. The molecule has 0 amide bonds. The van der Waals surface area contributed by atoms with Crippen LogP contribution in [0.25, 0.3) is 5.69 Å². The second-order valence-electron chi connectivity index (χ2n) is 5.48. The summed E-state index contributed by atoms with van der Waals surface area (Å²) in [7, 11) is 0. The highest BCUT2D eigenvalue weighted by atomic mass is 15.1. The average Bonchev–Trinajstić information content (AvgIpc) is 2.92. The van der Waals surface area contributed by atoms with Crippen molar-refractivity contribution in [3.8, 4) is 5.69 Å². The van der Waals surface area contributed by atoms with Crippen molar-refractivity contribution < 1.29 is 0 Å². The quantitative estimate of drug-likeness (QED) is 0.894. The number of hydrogen-bond acceptors (Lipinski definition) is 2. The van der Waals surface area contributed by atoms with E-state index in [-0.39, 0.29) is 0 Å². The van der Waals surface area contributed by atoms with Crippen molar-refractivity contribution in [2.24, 2.45) is 0 Å². The molecule has 3 rings (SSSR count). The molecular weight excluding hydrogens is 234 g/mol. The molecule has 0 saturated carbocycles. The average molecular weight is 255 g/mol. The number of nitrogens with zero attached hydrogens (tertiary/aromatic N) is 2. The van der Waals surface area contributed by atoms with Gasteiger partial charge in [-0.05, 0) is 63.0 Å². The Morgan fingerprint density at radius 3 is 2.68 bits per heavy atom. The van der Waals surface area contributed by atoms with Crippen LogP contribution in [0.15, 0.2) is 30.7 Å². The molecule has 1 aromatic heterocycles. The van der Waals surface area contributed by atoms with E-state index in [1.165, 1.54) is 35.3 Å². The van der Waals surface area contributed by atoms with Crippen molar-refractivity contribution in [2.75, 3.05) is 13.1 Å². The normalized spacial score (nSPS) is 16.7. The van der Waals surface area contributed by atoms with Gasteiger partial charge in [-0.3, -0.25) is 0 Å². The van der Waals surface area contributed by atoms with Gasteiger partial charge in [0, 0.05) is 23.5 Å². The molecular formula is C16H21N3. The molecule has 0 bridgehead atoms. The van der Waals surface area contributed by atoms with E-state index in [0.717, 1.165) is 13.1 Å². The molecule has 0 radical (unpaired) electrons. The van der Waals surface area contributed by atoms with E-state index >= 15 is 0 Å². The number of rotatable bonds is 2. The number of piperidine rings is 1. The Labute approximate surface area is 114 Å². The summed E-state index contributed by atoms with van der Waals surface area (Å²) in [5.74, 6) is 0.630. The standard InChI is InChI=1S/C16H21N3/c1-12-3-4-15(9-13(12)2)19-11-18-10-16(19)14-5-7-17-8-6-14/h3-4,9-11,14,17H,5-8H2,1-2H3. The van der Waals surface area contributed by atoms with Crippen LogP contribution in [0.5, 0.6) is 0 Å². The number of aryl methyl sites for hydroxylation is 2. The zero-order chi connectivity index (χ0) is 13.2.